The number of nitrogens with zero attached hydrogens (tertiary/aromatic N) is 1. The van der Waals surface area contributed by atoms with Crippen molar-refractivity contribution in [3.8, 4) is 0 Å². The highest BCUT2D eigenvalue weighted by molar-refractivity contribution is 6.34. The summed E-state index contributed by atoms with van der Waals surface area (Å²) in [6.07, 6.45) is 2.33. The van der Waals surface area contributed by atoms with Crippen molar-refractivity contribution in [3.63, 3.8) is 0 Å². The molecule has 0 spiro atoms. The molecule has 5 heteroatoms. The molecule has 1 aromatic carbocycles. The number of aldehydes is 1. The first-order chi connectivity index (χ1) is 8.15. The number of nitrogens with two attached hydrogens (primary N) is 1. The summed E-state index contributed by atoms with van der Waals surface area (Å²) in [5.74, 6) is -0.376. The standard InChI is InChI=1S/C12H13ClN2O2/c13-9-4-1-3-8(7-16)11(9)15-6-2-5-10(15)12(14)17/h1,3-4,7,10H,2,5-6H2,(H2,14,17). The Morgan fingerprint density at radius 2 is 2.29 bits per heavy atom. The molecule has 1 amide bonds. The first kappa shape index (κ1) is 11.9. The van der Waals surface area contributed by atoms with Gasteiger partial charge < -0.3 is 10.6 Å². The maximum absolute atomic E-state index is 11.3. The molecular weight excluding hydrogens is 240 g/mol. The molecule has 90 valence electrons. The molecule has 0 aliphatic carbocycles. The Morgan fingerprint density at radius 1 is 1.53 bits per heavy atom. The van der Waals surface area contributed by atoms with Crippen LogP contribution in [-0.2, 0) is 4.79 Å². The smallest absolute Gasteiger partial charge is 0.240 e. The van der Waals surface area contributed by atoms with E-state index in [4.69, 9.17) is 17.3 Å². The molecule has 0 radical (unpaired) electrons. The minimum atomic E-state index is -0.376. The van der Waals surface area contributed by atoms with Gasteiger partial charge in [-0.05, 0) is 25.0 Å². The van der Waals surface area contributed by atoms with Crippen LogP contribution in [0.3, 0.4) is 0 Å². The first-order valence-electron chi connectivity index (χ1n) is 5.45. The highest BCUT2D eigenvalue weighted by atomic mass is 35.5. The van der Waals surface area contributed by atoms with Gasteiger partial charge in [0.25, 0.3) is 0 Å². The summed E-state index contributed by atoms with van der Waals surface area (Å²) in [6, 6.07) is 4.74. The van der Waals surface area contributed by atoms with Gasteiger partial charge in [0.1, 0.15) is 6.04 Å². The molecule has 1 unspecified atom stereocenters. The predicted octanol–water partition coefficient (Wildman–Crippen LogP) is 1.61. The summed E-state index contributed by atoms with van der Waals surface area (Å²) in [5.41, 5.74) is 6.46. The second kappa shape index (κ2) is 4.75. The van der Waals surface area contributed by atoms with Crippen LogP contribution >= 0.6 is 11.6 Å². The topological polar surface area (TPSA) is 63.4 Å². The minimum Gasteiger partial charge on any atom is -0.368 e. The van der Waals surface area contributed by atoms with Crippen molar-refractivity contribution in [2.75, 3.05) is 11.4 Å². The molecule has 0 aromatic heterocycles. The highest BCUT2D eigenvalue weighted by Crippen LogP contribution is 2.34. The lowest BCUT2D eigenvalue weighted by Gasteiger charge is -2.26. The van der Waals surface area contributed by atoms with Gasteiger partial charge in [0.15, 0.2) is 6.29 Å². The van der Waals surface area contributed by atoms with Gasteiger partial charge in [0.2, 0.25) is 5.91 Å². The van der Waals surface area contributed by atoms with Gasteiger partial charge in [-0.25, -0.2) is 0 Å². The second-order valence-corrected chi connectivity index (χ2v) is 4.46. The number of hydrogen-bond acceptors (Lipinski definition) is 3. The van der Waals surface area contributed by atoms with Gasteiger partial charge in [-0.1, -0.05) is 17.7 Å². The zero-order valence-corrected chi connectivity index (χ0v) is 9.98. The van der Waals surface area contributed by atoms with Crippen LogP contribution < -0.4 is 10.6 Å². The normalized spacial score (nSPS) is 19.4. The summed E-state index contributed by atoms with van der Waals surface area (Å²) in [6.45, 7) is 0.693. The molecule has 1 saturated heterocycles. The Balaban J connectivity index is 2.45. The molecule has 0 saturated carbocycles. The largest absolute Gasteiger partial charge is 0.368 e. The third-order valence-corrected chi connectivity index (χ3v) is 3.32. The van der Waals surface area contributed by atoms with E-state index in [2.05, 4.69) is 0 Å². The van der Waals surface area contributed by atoms with Crippen molar-refractivity contribution in [2.24, 2.45) is 5.73 Å². The molecular formula is C12H13ClN2O2. The molecule has 2 N–H and O–H groups in total. The molecule has 1 aliphatic rings. The molecule has 17 heavy (non-hydrogen) atoms. The van der Waals surface area contributed by atoms with Crippen LogP contribution in [0.15, 0.2) is 18.2 Å². The van der Waals surface area contributed by atoms with Crippen molar-refractivity contribution in [3.05, 3.63) is 28.8 Å². The second-order valence-electron chi connectivity index (χ2n) is 4.05. The molecule has 1 heterocycles. The highest BCUT2D eigenvalue weighted by Gasteiger charge is 2.31. The summed E-state index contributed by atoms with van der Waals surface area (Å²) in [4.78, 5) is 24.2. The van der Waals surface area contributed by atoms with Crippen LogP contribution in [0.2, 0.25) is 5.02 Å². The van der Waals surface area contributed by atoms with Crippen molar-refractivity contribution in [1.29, 1.82) is 0 Å². The average Bonchev–Trinajstić information content (AvgIpc) is 2.77. The van der Waals surface area contributed by atoms with Crippen molar-refractivity contribution in [2.45, 2.75) is 18.9 Å². The lowest BCUT2D eigenvalue weighted by atomic mass is 10.1. The molecule has 0 bridgehead atoms. The van der Waals surface area contributed by atoms with Gasteiger partial charge in [-0.3, -0.25) is 9.59 Å². The zero-order valence-electron chi connectivity index (χ0n) is 9.23. The maximum atomic E-state index is 11.3. The number of amides is 1. The Labute approximate surface area is 104 Å². The fourth-order valence-corrected chi connectivity index (χ4v) is 2.55. The number of halogens is 1. The summed E-state index contributed by atoms with van der Waals surface area (Å²) >= 11 is 6.11. The minimum absolute atomic E-state index is 0.367. The Morgan fingerprint density at radius 3 is 2.94 bits per heavy atom. The van der Waals surface area contributed by atoms with Crippen molar-refractivity contribution < 1.29 is 9.59 Å². The quantitative estimate of drug-likeness (QED) is 0.832. The van der Waals surface area contributed by atoms with E-state index in [-0.39, 0.29) is 11.9 Å². The van der Waals surface area contributed by atoms with Crippen molar-refractivity contribution >= 4 is 29.5 Å². The SMILES string of the molecule is NC(=O)C1CCCN1c1c(Cl)cccc1C=O. The van der Waals surface area contributed by atoms with Crippen LogP contribution in [0.1, 0.15) is 23.2 Å². The number of carbonyl (C=O) groups is 2. The van der Waals surface area contributed by atoms with Crippen LogP contribution in [0.25, 0.3) is 0 Å². The molecule has 1 fully saturated rings. The first-order valence-corrected chi connectivity index (χ1v) is 5.82. The molecule has 2 rings (SSSR count). The van der Waals surface area contributed by atoms with Crippen molar-refractivity contribution in [1.82, 2.24) is 0 Å². The molecule has 4 nitrogen and oxygen atoms in total. The average molecular weight is 253 g/mol. The molecule has 1 aliphatic heterocycles. The zero-order chi connectivity index (χ0) is 12.4. The van der Waals surface area contributed by atoms with E-state index < -0.39 is 0 Å². The fraction of sp³-hybridized carbons (Fsp3) is 0.333. The monoisotopic (exact) mass is 252 g/mol. The van der Waals surface area contributed by atoms with Crippen LogP contribution in [0.4, 0.5) is 5.69 Å². The Bertz CT molecular complexity index is 462. The van der Waals surface area contributed by atoms with E-state index >= 15 is 0 Å². The van der Waals surface area contributed by atoms with Gasteiger partial charge in [0, 0.05) is 12.1 Å². The lowest BCUT2D eigenvalue weighted by molar-refractivity contribution is -0.119. The third-order valence-electron chi connectivity index (χ3n) is 3.01. The maximum Gasteiger partial charge on any atom is 0.240 e. The van der Waals surface area contributed by atoms with Gasteiger partial charge in [-0.15, -0.1) is 0 Å². The lowest BCUT2D eigenvalue weighted by Crippen LogP contribution is -2.40. The summed E-state index contributed by atoms with van der Waals surface area (Å²) in [7, 11) is 0. The van der Waals surface area contributed by atoms with E-state index in [1.807, 2.05) is 4.90 Å². The fourth-order valence-electron chi connectivity index (χ4n) is 2.26. The number of hydrogen-bond donors (Lipinski definition) is 1. The summed E-state index contributed by atoms with van der Waals surface area (Å²) in [5, 5.41) is 0.475. The van der Waals surface area contributed by atoms with Crippen LogP contribution in [-0.4, -0.2) is 24.8 Å². The number of primary amides is 1. The number of benzene rings is 1. The Hall–Kier alpha value is -1.55. The van der Waals surface area contributed by atoms with Crippen LogP contribution in [0.5, 0.6) is 0 Å². The molecule has 1 atom stereocenters. The third kappa shape index (κ3) is 2.13. The van der Waals surface area contributed by atoms with E-state index in [0.29, 0.717) is 29.2 Å². The number of rotatable bonds is 3. The van der Waals surface area contributed by atoms with Gasteiger partial charge in [0.05, 0.1) is 10.7 Å². The number of para-hydroxylation sites is 1. The van der Waals surface area contributed by atoms with E-state index in [9.17, 15) is 9.59 Å². The van der Waals surface area contributed by atoms with Crippen LogP contribution in [0, 0.1) is 0 Å². The van der Waals surface area contributed by atoms with E-state index in [0.717, 1.165) is 12.7 Å². The Kier molecular flexibility index (Phi) is 3.33. The van der Waals surface area contributed by atoms with E-state index in [1.54, 1.807) is 18.2 Å². The number of anilines is 1. The van der Waals surface area contributed by atoms with Gasteiger partial charge >= 0.3 is 0 Å². The van der Waals surface area contributed by atoms with E-state index in [1.165, 1.54) is 0 Å². The molecule has 1 aromatic rings. The summed E-state index contributed by atoms with van der Waals surface area (Å²) < 4.78 is 0. The predicted molar refractivity (Wildman–Crippen MR) is 66.4 cm³/mol. The number of carbonyl (C=O) groups excluding carboxylic acids is 2. The van der Waals surface area contributed by atoms with Gasteiger partial charge in [-0.2, -0.15) is 0 Å².